The van der Waals surface area contributed by atoms with Crippen LogP contribution in [-0.4, -0.2) is 31.5 Å². The summed E-state index contributed by atoms with van der Waals surface area (Å²) in [6.07, 6.45) is 23.4. The Kier molecular flexibility index (Phi) is 4.67. The Labute approximate surface area is 204 Å². The number of nitrogens with zero attached hydrogens (tertiary/aromatic N) is 4. The minimum absolute atomic E-state index is 0.118. The highest BCUT2D eigenvalue weighted by Gasteiger charge is 2.27. The van der Waals surface area contributed by atoms with Crippen LogP contribution < -0.4 is 5.32 Å². The molecule has 3 aromatic heterocycles. The second-order valence-electron chi connectivity index (χ2n) is 10.0. The van der Waals surface area contributed by atoms with E-state index in [2.05, 4.69) is 74.4 Å². The van der Waals surface area contributed by atoms with Gasteiger partial charge in [0.05, 0.1) is 30.2 Å². The van der Waals surface area contributed by atoms with Crippen LogP contribution in [0.15, 0.2) is 96.2 Å². The molecule has 0 spiro atoms. The van der Waals surface area contributed by atoms with E-state index in [4.69, 9.17) is 0 Å². The molecule has 0 radical (unpaired) electrons. The fourth-order valence-corrected chi connectivity index (χ4v) is 4.97. The molecular weight excluding hydrogens is 434 g/mol. The highest BCUT2D eigenvalue weighted by atomic mass is 16.1. The lowest BCUT2D eigenvalue weighted by Gasteiger charge is -2.25. The van der Waals surface area contributed by atoms with E-state index in [0.717, 1.165) is 17.2 Å². The summed E-state index contributed by atoms with van der Waals surface area (Å²) in [5.41, 5.74) is 11.1. The predicted molar refractivity (Wildman–Crippen MR) is 134 cm³/mol. The summed E-state index contributed by atoms with van der Waals surface area (Å²) in [7, 11) is 0. The van der Waals surface area contributed by atoms with Crippen molar-refractivity contribution in [2.24, 2.45) is 5.92 Å². The van der Waals surface area contributed by atoms with E-state index < -0.39 is 0 Å². The molecule has 0 atom stereocenters. The highest BCUT2D eigenvalue weighted by molar-refractivity contribution is 5.93. The number of allylic oxidation sites excluding steroid dienone is 3. The first-order valence-electron chi connectivity index (χ1n) is 12.4. The van der Waals surface area contributed by atoms with Crippen molar-refractivity contribution < 1.29 is 4.79 Å². The van der Waals surface area contributed by atoms with Crippen LogP contribution in [0.25, 0.3) is 5.52 Å². The number of hydrogen-bond donors (Lipinski definition) is 1. The van der Waals surface area contributed by atoms with Crippen molar-refractivity contribution in [2.45, 2.75) is 38.1 Å². The van der Waals surface area contributed by atoms with Crippen molar-refractivity contribution >= 4 is 11.4 Å². The molecule has 1 amide bonds. The lowest BCUT2D eigenvalue weighted by atomic mass is 10.0. The number of fused-ring (bicyclic) bond motifs is 2. The minimum Gasteiger partial charge on any atom is -0.348 e. The van der Waals surface area contributed by atoms with Gasteiger partial charge in [-0.25, -0.2) is 0 Å². The fraction of sp³-hybridized carbons (Fsp3) is 0.276. The molecule has 0 saturated heterocycles. The number of aromatic nitrogens is 3. The van der Waals surface area contributed by atoms with Crippen molar-refractivity contribution in [3.63, 3.8) is 0 Å². The molecule has 7 rings (SSSR count). The van der Waals surface area contributed by atoms with E-state index >= 15 is 0 Å². The van der Waals surface area contributed by atoms with Gasteiger partial charge in [-0.15, -0.1) is 5.73 Å². The smallest absolute Gasteiger partial charge is 0.254 e. The van der Waals surface area contributed by atoms with Gasteiger partial charge < -0.3 is 14.6 Å². The Balaban J connectivity index is 1.03. The van der Waals surface area contributed by atoms with Gasteiger partial charge in [0.25, 0.3) is 5.91 Å². The SMILES string of the molecule is O=C(NCC1=C2C=C(C3CC3)C=CN2C=C=C1)c1cnn(Cc2cc3ccc(C4CC4)cn3c2)c1. The Hall–Kier alpha value is -4.02. The van der Waals surface area contributed by atoms with E-state index in [0.29, 0.717) is 24.6 Å². The van der Waals surface area contributed by atoms with Crippen LogP contribution in [0.4, 0.5) is 0 Å². The molecule has 35 heavy (non-hydrogen) atoms. The number of rotatable bonds is 7. The standard InChI is InChI=1S/C29H27N5O/c35-29(30-14-24-2-1-10-32-11-9-23(13-28(24)32)21-3-4-21)26-15-31-34(19-26)17-20-12-27-8-7-25(22-5-6-22)18-33(27)16-20/h2,7-13,15-16,18-19,21-22H,3-6,14,17H2,(H,30,35). The number of nitrogens with one attached hydrogen (secondary N) is 1. The number of hydrogen-bond acceptors (Lipinski definition) is 3. The summed E-state index contributed by atoms with van der Waals surface area (Å²) in [5.74, 6) is 1.31. The van der Waals surface area contributed by atoms with Crippen LogP contribution in [0.3, 0.4) is 0 Å². The van der Waals surface area contributed by atoms with Crippen LogP contribution in [0.2, 0.25) is 0 Å². The molecule has 6 nitrogen and oxygen atoms in total. The normalized spacial score (nSPS) is 18.9. The van der Waals surface area contributed by atoms with Crippen LogP contribution in [-0.2, 0) is 6.54 Å². The van der Waals surface area contributed by atoms with Crippen LogP contribution in [0.1, 0.15) is 53.1 Å². The zero-order valence-electron chi connectivity index (χ0n) is 19.5. The summed E-state index contributed by atoms with van der Waals surface area (Å²) in [5, 5.41) is 7.50. The molecule has 1 N–H and O–H groups in total. The van der Waals surface area contributed by atoms with Gasteiger partial charge in [0, 0.05) is 42.4 Å². The number of carbonyl (C=O) groups excluding carboxylic acids is 1. The highest BCUT2D eigenvalue weighted by Crippen LogP contribution is 2.41. The lowest BCUT2D eigenvalue weighted by Crippen LogP contribution is -2.27. The molecule has 174 valence electrons. The van der Waals surface area contributed by atoms with E-state index in [1.165, 1.54) is 47.9 Å². The number of carbonyl (C=O) groups is 1. The summed E-state index contributed by atoms with van der Waals surface area (Å²) in [4.78, 5) is 14.9. The number of pyridine rings is 1. The molecule has 4 aliphatic rings. The third-order valence-electron chi connectivity index (χ3n) is 7.26. The van der Waals surface area contributed by atoms with Gasteiger partial charge in [-0.3, -0.25) is 9.48 Å². The number of amides is 1. The lowest BCUT2D eigenvalue weighted by molar-refractivity contribution is 0.0957. The van der Waals surface area contributed by atoms with Crippen LogP contribution in [0, 0.1) is 5.92 Å². The van der Waals surface area contributed by atoms with Gasteiger partial charge in [-0.2, -0.15) is 5.10 Å². The Bertz CT molecular complexity index is 1500. The fourth-order valence-electron chi connectivity index (χ4n) is 4.97. The van der Waals surface area contributed by atoms with Crippen LogP contribution >= 0.6 is 0 Å². The van der Waals surface area contributed by atoms with Gasteiger partial charge in [0.15, 0.2) is 0 Å². The van der Waals surface area contributed by atoms with E-state index in [1.807, 2.05) is 23.2 Å². The first-order chi connectivity index (χ1) is 17.2. The molecule has 5 heterocycles. The molecule has 3 aromatic rings. The van der Waals surface area contributed by atoms with Gasteiger partial charge in [-0.1, -0.05) is 6.07 Å². The van der Waals surface area contributed by atoms with Gasteiger partial charge in [-0.05, 0) is 84.6 Å². The van der Waals surface area contributed by atoms with E-state index in [-0.39, 0.29) is 5.91 Å². The Morgan fingerprint density at radius 2 is 2.00 bits per heavy atom. The largest absolute Gasteiger partial charge is 0.348 e. The molecular formula is C29H27N5O. The predicted octanol–water partition coefficient (Wildman–Crippen LogP) is 4.89. The average Bonchev–Trinajstić information content (AvgIpc) is 3.81. The summed E-state index contributed by atoms with van der Waals surface area (Å²) < 4.78 is 4.03. The van der Waals surface area contributed by atoms with Crippen molar-refractivity contribution in [2.75, 3.05) is 6.54 Å². The monoisotopic (exact) mass is 461 g/mol. The minimum atomic E-state index is -0.118. The third kappa shape index (κ3) is 4.07. The van der Waals surface area contributed by atoms with Gasteiger partial charge in [0.1, 0.15) is 0 Å². The Morgan fingerprint density at radius 1 is 1.11 bits per heavy atom. The molecule has 2 fully saturated rings. The topological polar surface area (TPSA) is 54.6 Å². The molecule has 2 saturated carbocycles. The average molecular weight is 462 g/mol. The van der Waals surface area contributed by atoms with Crippen molar-refractivity contribution in [1.82, 2.24) is 24.4 Å². The quantitative estimate of drug-likeness (QED) is 0.510. The summed E-state index contributed by atoms with van der Waals surface area (Å²) in [6.45, 7) is 1.08. The maximum atomic E-state index is 12.9. The van der Waals surface area contributed by atoms with Gasteiger partial charge in [0.2, 0.25) is 0 Å². The first-order valence-corrected chi connectivity index (χ1v) is 12.4. The van der Waals surface area contributed by atoms with Crippen molar-refractivity contribution in [1.29, 1.82) is 0 Å². The molecule has 0 aromatic carbocycles. The zero-order chi connectivity index (χ0) is 23.4. The zero-order valence-corrected chi connectivity index (χ0v) is 19.5. The van der Waals surface area contributed by atoms with Gasteiger partial charge >= 0.3 is 0 Å². The summed E-state index contributed by atoms with van der Waals surface area (Å²) >= 11 is 0. The second-order valence-corrected chi connectivity index (χ2v) is 10.0. The molecule has 2 aliphatic carbocycles. The first kappa shape index (κ1) is 20.4. The Morgan fingerprint density at radius 3 is 2.86 bits per heavy atom. The van der Waals surface area contributed by atoms with Crippen molar-refractivity contribution in [3.05, 3.63) is 113 Å². The second kappa shape index (κ2) is 8.03. The summed E-state index contributed by atoms with van der Waals surface area (Å²) in [6, 6.07) is 6.62. The molecule has 2 aliphatic heterocycles. The molecule has 6 heteroatoms. The van der Waals surface area contributed by atoms with E-state index in [1.54, 1.807) is 6.20 Å². The maximum absolute atomic E-state index is 12.9. The third-order valence-corrected chi connectivity index (χ3v) is 7.26. The van der Waals surface area contributed by atoms with Crippen molar-refractivity contribution in [3.8, 4) is 0 Å². The molecule has 0 unspecified atom stereocenters. The van der Waals surface area contributed by atoms with E-state index in [9.17, 15) is 4.79 Å². The van der Waals surface area contributed by atoms with Crippen LogP contribution in [0.5, 0.6) is 0 Å². The maximum Gasteiger partial charge on any atom is 0.254 e. The molecule has 0 bridgehead atoms.